The summed E-state index contributed by atoms with van der Waals surface area (Å²) < 4.78 is 9.50. The zero-order valence-electron chi connectivity index (χ0n) is 19.8. The van der Waals surface area contributed by atoms with Crippen molar-refractivity contribution in [2.75, 3.05) is 18.0 Å². The number of hydrogen-bond donors (Lipinski definition) is 1. The first-order valence-electron chi connectivity index (χ1n) is 11.6. The van der Waals surface area contributed by atoms with Crippen LogP contribution in [0, 0.1) is 11.8 Å². The van der Waals surface area contributed by atoms with E-state index in [2.05, 4.69) is 21.8 Å². The molecule has 1 fully saturated rings. The van der Waals surface area contributed by atoms with Gasteiger partial charge in [0.15, 0.2) is 0 Å². The summed E-state index contributed by atoms with van der Waals surface area (Å²) in [6.07, 6.45) is 3.62. The number of anilines is 1. The van der Waals surface area contributed by atoms with Gasteiger partial charge < -0.3 is 15.4 Å². The molecule has 1 unspecified atom stereocenters. The Balaban J connectivity index is 1.58. The summed E-state index contributed by atoms with van der Waals surface area (Å²) in [6.45, 7) is 7.82. The van der Waals surface area contributed by atoms with Gasteiger partial charge in [0.1, 0.15) is 28.1 Å². The lowest BCUT2D eigenvalue weighted by Gasteiger charge is -2.32. The van der Waals surface area contributed by atoms with Crippen molar-refractivity contribution < 1.29 is 4.74 Å². The lowest BCUT2D eigenvalue weighted by Crippen LogP contribution is -2.44. The van der Waals surface area contributed by atoms with E-state index in [-0.39, 0.29) is 18.1 Å². The third-order valence-corrected chi connectivity index (χ3v) is 6.37. The van der Waals surface area contributed by atoms with Crippen molar-refractivity contribution in [3.63, 3.8) is 0 Å². The number of nitrogens with two attached hydrogens (primary N) is 1. The fourth-order valence-corrected chi connectivity index (χ4v) is 4.54. The molecule has 2 aliphatic heterocycles. The lowest BCUT2D eigenvalue weighted by atomic mass is 10.00. The van der Waals surface area contributed by atoms with Gasteiger partial charge in [-0.15, -0.1) is 5.92 Å². The molecule has 2 aromatic heterocycles. The van der Waals surface area contributed by atoms with Crippen LogP contribution in [0.3, 0.4) is 0 Å². The van der Waals surface area contributed by atoms with E-state index in [1.165, 1.54) is 4.68 Å². The summed E-state index contributed by atoms with van der Waals surface area (Å²) in [5, 5.41) is 4.43. The van der Waals surface area contributed by atoms with Crippen molar-refractivity contribution in [1.82, 2.24) is 19.3 Å². The van der Waals surface area contributed by atoms with Crippen molar-refractivity contribution in [2.45, 2.75) is 58.3 Å². The third kappa shape index (κ3) is 3.94. The van der Waals surface area contributed by atoms with Gasteiger partial charge in [0.2, 0.25) is 5.95 Å². The molecular weight excluding hydrogens is 430 g/mol. The number of piperidine rings is 1. The second kappa shape index (κ2) is 8.61. The molecule has 0 amide bonds. The van der Waals surface area contributed by atoms with Crippen molar-refractivity contribution >= 4 is 28.4 Å². The van der Waals surface area contributed by atoms with E-state index < -0.39 is 5.60 Å². The second-order valence-electron chi connectivity index (χ2n) is 9.25. The van der Waals surface area contributed by atoms with Gasteiger partial charge in [0, 0.05) is 19.1 Å². The minimum absolute atomic E-state index is 0.0866. The van der Waals surface area contributed by atoms with Crippen molar-refractivity contribution in [2.24, 2.45) is 10.7 Å². The Morgan fingerprint density at radius 3 is 2.91 bits per heavy atom. The Morgan fingerprint density at radius 1 is 1.29 bits per heavy atom. The van der Waals surface area contributed by atoms with Gasteiger partial charge in [0.25, 0.3) is 5.56 Å². The van der Waals surface area contributed by atoms with Crippen LogP contribution < -0.4 is 20.9 Å². The smallest absolute Gasteiger partial charge is 0.293 e. The van der Waals surface area contributed by atoms with Crippen LogP contribution in [0.15, 0.2) is 40.2 Å². The summed E-state index contributed by atoms with van der Waals surface area (Å²) in [6, 6.07) is 7.72. The Morgan fingerprint density at radius 2 is 2.12 bits per heavy atom. The van der Waals surface area contributed by atoms with Gasteiger partial charge in [-0.25, -0.2) is 14.7 Å². The molecule has 2 N–H and O–H groups in total. The van der Waals surface area contributed by atoms with E-state index in [1.54, 1.807) is 13.1 Å². The molecule has 176 valence electrons. The van der Waals surface area contributed by atoms with E-state index in [1.807, 2.05) is 42.7 Å². The SMILES string of the molecule is CC#CCn1c(N2CCCC(N)C2)nc2cnn(CC3=Nc4ccccc4OC3(C)C)c(=O)c21. The summed E-state index contributed by atoms with van der Waals surface area (Å²) in [5.41, 5.74) is 7.83. The highest BCUT2D eigenvalue weighted by atomic mass is 16.5. The molecule has 2 aliphatic rings. The normalized spacial score (nSPS) is 19.1. The topological polar surface area (TPSA) is 104 Å². The number of hydrogen-bond acceptors (Lipinski definition) is 7. The second-order valence-corrected chi connectivity index (χ2v) is 9.25. The number of rotatable bonds is 4. The highest BCUT2D eigenvalue weighted by Crippen LogP contribution is 2.36. The first kappa shape index (κ1) is 22.2. The Bertz CT molecular complexity index is 1390. The fourth-order valence-electron chi connectivity index (χ4n) is 4.54. The lowest BCUT2D eigenvalue weighted by molar-refractivity contribution is 0.175. The molecule has 9 nitrogen and oxygen atoms in total. The molecular formula is C25H29N7O2. The van der Waals surface area contributed by atoms with Crippen LogP contribution in [0.25, 0.3) is 11.0 Å². The Kier molecular flexibility index (Phi) is 5.62. The number of aromatic nitrogens is 4. The Hall–Kier alpha value is -3.64. The number of imidazole rings is 1. The Labute approximate surface area is 198 Å². The van der Waals surface area contributed by atoms with Crippen LogP contribution in [0.2, 0.25) is 0 Å². The maximum atomic E-state index is 13.7. The fraction of sp³-hybridized carbons (Fsp3) is 0.440. The first-order valence-corrected chi connectivity index (χ1v) is 11.6. The zero-order valence-corrected chi connectivity index (χ0v) is 19.8. The van der Waals surface area contributed by atoms with Gasteiger partial charge in [-0.3, -0.25) is 9.36 Å². The average Bonchev–Trinajstić information content (AvgIpc) is 3.18. The molecule has 9 heteroatoms. The molecule has 0 aliphatic carbocycles. The summed E-state index contributed by atoms with van der Waals surface area (Å²) in [5.74, 6) is 7.46. The van der Waals surface area contributed by atoms with E-state index in [4.69, 9.17) is 20.4 Å². The number of para-hydroxylation sites is 2. The van der Waals surface area contributed by atoms with E-state index in [0.29, 0.717) is 24.1 Å². The monoisotopic (exact) mass is 459 g/mol. The molecule has 1 atom stereocenters. The minimum Gasteiger partial charge on any atom is -0.480 e. The summed E-state index contributed by atoms with van der Waals surface area (Å²) >= 11 is 0. The predicted octanol–water partition coefficient (Wildman–Crippen LogP) is 2.49. The van der Waals surface area contributed by atoms with Crippen LogP contribution in [-0.2, 0) is 13.1 Å². The van der Waals surface area contributed by atoms with E-state index in [0.717, 1.165) is 42.5 Å². The standard InChI is InChI=1S/C25H29N7O2/c1-4-5-13-31-22-19(29-24(31)30-12-8-9-17(26)15-30)14-27-32(23(22)33)16-21-25(2,3)34-20-11-7-6-10-18(20)28-21/h6-7,10-11,14,17H,8-9,12-13,15-16,26H2,1-3H3. The first-order chi connectivity index (χ1) is 16.4. The van der Waals surface area contributed by atoms with Gasteiger partial charge in [0.05, 0.1) is 25.0 Å². The molecule has 5 rings (SSSR count). The number of benzene rings is 1. The number of fused-ring (bicyclic) bond motifs is 2. The molecule has 1 saturated heterocycles. The van der Waals surface area contributed by atoms with Crippen LogP contribution in [0.1, 0.15) is 33.6 Å². The molecule has 0 spiro atoms. The number of ether oxygens (including phenoxy) is 1. The summed E-state index contributed by atoms with van der Waals surface area (Å²) in [4.78, 5) is 25.4. The number of nitrogens with zero attached hydrogens (tertiary/aromatic N) is 6. The molecule has 4 heterocycles. The largest absolute Gasteiger partial charge is 0.480 e. The maximum absolute atomic E-state index is 13.7. The molecule has 0 saturated carbocycles. The highest BCUT2D eigenvalue weighted by molar-refractivity contribution is 5.96. The van der Waals surface area contributed by atoms with E-state index >= 15 is 0 Å². The third-order valence-electron chi connectivity index (χ3n) is 6.37. The maximum Gasteiger partial charge on any atom is 0.293 e. The highest BCUT2D eigenvalue weighted by Gasteiger charge is 2.33. The van der Waals surface area contributed by atoms with Crippen molar-refractivity contribution in [3.05, 3.63) is 40.8 Å². The minimum atomic E-state index is -0.673. The van der Waals surface area contributed by atoms with Crippen LogP contribution in [0.4, 0.5) is 11.6 Å². The average molecular weight is 460 g/mol. The van der Waals surface area contributed by atoms with Gasteiger partial charge in [-0.05, 0) is 45.7 Å². The van der Waals surface area contributed by atoms with E-state index in [9.17, 15) is 4.79 Å². The van der Waals surface area contributed by atoms with Crippen LogP contribution >= 0.6 is 0 Å². The van der Waals surface area contributed by atoms with Crippen LogP contribution in [0.5, 0.6) is 5.75 Å². The zero-order chi connectivity index (χ0) is 23.9. The summed E-state index contributed by atoms with van der Waals surface area (Å²) in [7, 11) is 0. The van der Waals surface area contributed by atoms with Crippen molar-refractivity contribution in [1.29, 1.82) is 0 Å². The quantitative estimate of drug-likeness (QED) is 0.601. The predicted molar refractivity (Wildman–Crippen MR) is 133 cm³/mol. The van der Waals surface area contributed by atoms with Gasteiger partial charge >= 0.3 is 0 Å². The van der Waals surface area contributed by atoms with Gasteiger partial charge in [-0.1, -0.05) is 18.1 Å². The van der Waals surface area contributed by atoms with Crippen LogP contribution in [-0.4, -0.2) is 49.8 Å². The molecule has 34 heavy (non-hydrogen) atoms. The molecule has 1 aromatic carbocycles. The number of aliphatic imine (C=N–C) groups is 1. The molecule has 3 aromatic rings. The molecule has 0 bridgehead atoms. The molecule has 0 radical (unpaired) electrons. The van der Waals surface area contributed by atoms with Crippen molar-refractivity contribution in [3.8, 4) is 17.6 Å². The van der Waals surface area contributed by atoms with Gasteiger partial charge in [-0.2, -0.15) is 5.10 Å².